The number of hydrogen-bond acceptors (Lipinski definition) is 8. The van der Waals surface area contributed by atoms with E-state index in [0.717, 1.165) is 0 Å². The minimum absolute atomic E-state index is 0.0458. The summed E-state index contributed by atoms with van der Waals surface area (Å²) in [4.78, 5) is 25.7. The van der Waals surface area contributed by atoms with Crippen LogP contribution in [0.4, 0.5) is 5.82 Å². The van der Waals surface area contributed by atoms with Crippen LogP contribution in [0, 0.1) is 17.0 Å². The maximum atomic E-state index is 11.8. The summed E-state index contributed by atoms with van der Waals surface area (Å²) in [6.07, 6.45) is 0.253. The van der Waals surface area contributed by atoms with Crippen molar-refractivity contribution in [3.63, 3.8) is 0 Å². The molecule has 10 heteroatoms. The number of carbonyl (C=O) groups excluding carboxylic acids is 1. The summed E-state index contributed by atoms with van der Waals surface area (Å²) in [5.41, 5.74) is 0.190. The number of aromatic nitrogens is 2. The highest BCUT2D eigenvalue weighted by molar-refractivity contribution is 5.92. The average Bonchev–Trinajstić information content (AvgIpc) is 2.99. The highest BCUT2D eigenvalue weighted by Gasteiger charge is 2.19. The first-order valence-corrected chi connectivity index (χ1v) is 7.61. The number of benzene rings is 1. The van der Waals surface area contributed by atoms with Crippen LogP contribution in [0.25, 0.3) is 0 Å². The zero-order valence-electron chi connectivity index (χ0n) is 14.5. The molecule has 0 saturated heterocycles. The van der Waals surface area contributed by atoms with Gasteiger partial charge in [0.15, 0.2) is 0 Å². The third kappa shape index (κ3) is 4.48. The Bertz CT molecular complexity index is 803. The molecule has 0 aliphatic carbocycles. The van der Waals surface area contributed by atoms with Crippen LogP contribution in [0.2, 0.25) is 0 Å². The van der Waals surface area contributed by atoms with Crippen molar-refractivity contribution in [2.45, 2.75) is 19.6 Å². The standard InChI is InChI=1S/C16H19N3O7/c1-10-17-15(19(22)23)8-18(10)7-11(20)9-26-14-6-12(24-2)4-5-13(14)16(21)25-3/h4-6,8,11,20H,7,9H2,1-3H3/t11-/m0/s1. The lowest BCUT2D eigenvalue weighted by atomic mass is 10.2. The molecule has 2 rings (SSSR count). The Morgan fingerprint density at radius 2 is 2.15 bits per heavy atom. The van der Waals surface area contributed by atoms with Gasteiger partial charge >= 0.3 is 11.8 Å². The van der Waals surface area contributed by atoms with E-state index in [0.29, 0.717) is 11.6 Å². The number of nitrogens with zero attached hydrogens (tertiary/aromatic N) is 3. The molecule has 1 atom stereocenters. The predicted molar refractivity (Wildman–Crippen MR) is 89.5 cm³/mol. The molecule has 1 heterocycles. The molecule has 140 valence electrons. The van der Waals surface area contributed by atoms with Crippen molar-refractivity contribution in [1.82, 2.24) is 9.55 Å². The van der Waals surface area contributed by atoms with Crippen LogP contribution >= 0.6 is 0 Å². The van der Waals surface area contributed by atoms with Gasteiger partial charge in [-0.05, 0) is 22.0 Å². The lowest BCUT2D eigenvalue weighted by Gasteiger charge is -2.15. The summed E-state index contributed by atoms with van der Waals surface area (Å²) in [7, 11) is 2.72. The van der Waals surface area contributed by atoms with Crippen molar-refractivity contribution in [2.75, 3.05) is 20.8 Å². The highest BCUT2D eigenvalue weighted by atomic mass is 16.6. The maximum absolute atomic E-state index is 11.8. The average molecular weight is 365 g/mol. The highest BCUT2D eigenvalue weighted by Crippen LogP contribution is 2.25. The molecule has 10 nitrogen and oxygen atoms in total. The first-order valence-electron chi connectivity index (χ1n) is 7.61. The van der Waals surface area contributed by atoms with Crippen LogP contribution in [0.5, 0.6) is 11.5 Å². The Kier molecular flexibility index (Phi) is 6.12. The molecule has 0 radical (unpaired) electrons. The Labute approximate surface area is 149 Å². The summed E-state index contributed by atoms with van der Waals surface area (Å²) < 4.78 is 16.8. The van der Waals surface area contributed by atoms with Gasteiger partial charge in [-0.2, -0.15) is 0 Å². The lowest BCUT2D eigenvalue weighted by molar-refractivity contribution is -0.389. The van der Waals surface area contributed by atoms with Crippen molar-refractivity contribution in [3.05, 3.63) is 45.9 Å². The third-order valence-electron chi connectivity index (χ3n) is 3.58. The fraction of sp³-hybridized carbons (Fsp3) is 0.375. The molecule has 1 aromatic carbocycles. The number of aryl methyl sites for hydroxylation is 1. The molecule has 0 amide bonds. The second kappa shape index (κ2) is 8.30. The predicted octanol–water partition coefficient (Wildman–Crippen LogP) is 1.33. The lowest BCUT2D eigenvalue weighted by Crippen LogP contribution is -2.24. The maximum Gasteiger partial charge on any atom is 0.381 e. The topological polar surface area (TPSA) is 126 Å². The minimum atomic E-state index is -0.987. The number of hydrogen-bond donors (Lipinski definition) is 1. The van der Waals surface area contributed by atoms with Crippen LogP contribution < -0.4 is 9.47 Å². The number of carbonyl (C=O) groups is 1. The van der Waals surface area contributed by atoms with Crippen LogP contribution in [0.3, 0.4) is 0 Å². The van der Waals surface area contributed by atoms with E-state index in [1.807, 2.05) is 0 Å². The Morgan fingerprint density at radius 1 is 1.42 bits per heavy atom. The molecule has 1 aromatic heterocycles. The molecule has 0 saturated carbocycles. The zero-order valence-corrected chi connectivity index (χ0v) is 14.5. The fourth-order valence-corrected chi connectivity index (χ4v) is 2.26. The number of ether oxygens (including phenoxy) is 3. The van der Waals surface area contributed by atoms with E-state index in [1.165, 1.54) is 37.1 Å². The van der Waals surface area contributed by atoms with Crippen molar-refractivity contribution in [3.8, 4) is 11.5 Å². The van der Waals surface area contributed by atoms with Crippen LogP contribution in [0.1, 0.15) is 16.2 Å². The normalized spacial score (nSPS) is 11.7. The second-order valence-corrected chi connectivity index (χ2v) is 5.37. The van der Waals surface area contributed by atoms with Gasteiger partial charge in [-0.1, -0.05) is 0 Å². The van der Waals surface area contributed by atoms with E-state index in [-0.39, 0.29) is 30.3 Å². The summed E-state index contributed by atoms with van der Waals surface area (Å²) in [5.74, 6) is 0.189. The minimum Gasteiger partial charge on any atom is -0.497 e. The molecule has 0 aliphatic rings. The molecular formula is C16H19N3O7. The van der Waals surface area contributed by atoms with E-state index >= 15 is 0 Å². The van der Waals surface area contributed by atoms with E-state index < -0.39 is 17.0 Å². The van der Waals surface area contributed by atoms with Gasteiger partial charge < -0.3 is 34.0 Å². The summed E-state index contributed by atoms with van der Waals surface area (Å²) in [5, 5.41) is 20.9. The van der Waals surface area contributed by atoms with Crippen molar-refractivity contribution >= 4 is 11.8 Å². The number of rotatable bonds is 8. The molecule has 26 heavy (non-hydrogen) atoms. The summed E-state index contributed by atoms with van der Waals surface area (Å²) in [6.45, 7) is 1.49. The largest absolute Gasteiger partial charge is 0.497 e. The number of imidazole rings is 1. The van der Waals surface area contributed by atoms with Gasteiger partial charge in [0.05, 0.1) is 20.8 Å². The molecule has 0 aliphatic heterocycles. The Hall–Kier alpha value is -3.14. The molecule has 0 spiro atoms. The van der Waals surface area contributed by atoms with Crippen LogP contribution in [-0.4, -0.2) is 52.5 Å². The quantitative estimate of drug-likeness (QED) is 0.422. The van der Waals surface area contributed by atoms with Gasteiger partial charge in [0.1, 0.15) is 36.0 Å². The number of methoxy groups -OCH3 is 2. The van der Waals surface area contributed by atoms with Crippen molar-refractivity contribution in [1.29, 1.82) is 0 Å². The van der Waals surface area contributed by atoms with Gasteiger partial charge in [0.2, 0.25) is 5.82 Å². The van der Waals surface area contributed by atoms with Crippen molar-refractivity contribution in [2.24, 2.45) is 0 Å². The zero-order chi connectivity index (χ0) is 19.3. The van der Waals surface area contributed by atoms with Crippen LogP contribution in [0.15, 0.2) is 24.4 Å². The van der Waals surface area contributed by atoms with E-state index in [1.54, 1.807) is 13.0 Å². The summed E-state index contributed by atoms with van der Waals surface area (Å²) >= 11 is 0. The number of esters is 1. The van der Waals surface area contributed by atoms with Gasteiger partial charge in [-0.25, -0.2) is 4.79 Å². The van der Waals surface area contributed by atoms with Gasteiger partial charge in [0.25, 0.3) is 0 Å². The van der Waals surface area contributed by atoms with Gasteiger partial charge in [0, 0.05) is 13.0 Å². The summed E-state index contributed by atoms with van der Waals surface area (Å²) in [6, 6.07) is 4.59. The molecule has 2 aromatic rings. The first-order chi connectivity index (χ1) is 12.3. The monoisotopic (exact) mass is 365 g/mol. The number of aliphatic hydroxyl groups excluding tert-OH is 1. The SMILES string of the molecule is COC(=O)c1ccc(OC)cc1OC[C@@H](O)Cn1cc([N+](=O)[O-])nc1C. The van der Waals surface area contributed by atoms with E-state index in [9.17, 15) is 20.0 Å². The van der Waals surface area contributed by atoms with E-state index in [2.05, 4.69) is 4.98 Å². The van der Waals surface area contributed by atoms with Gasteiger partial charge in [-0.3, -0.25) is 0 Å². The molecule has 0 unspecified atom stereocenters. The number of aliphatic hydroxyl groups is 1. The molecule has 1 N–H and O–H groups in total. The smallest absolute Gasteiger partial charge is 0.381 e. The second-order valence-electron chi connectivity index (χ2n) is 5.37. The van der Waals surface area contributed by atoms with E-state index in [4.69, 9.17) is 14.2 Å². The Morgan fingerprint density at radius 3 is 2.73 bits per heavy atom. The fourth-order valence-electron chi connectivity index (χ4n) is 2.26. The number of nitro groups is 1. The first kappa shape index (κ1) is 19.2. The van der Waals surface area contributed by atoms with Crippen LogP contribution in [-0.2, 0) is 11.3 Å². The molecule has 0 fully saturated rings. The van der Waals surface area contributed by atoms with Gasteiger partial charge in [-0.15, -0.1) is 0 Å². The Balaban J connectivity index is 2.08. The molecule has 0 bridgehead atoms. The van der Waals surface area contributed by atoms with Crippen molar-refractivity contribution < 1.29 is 29.0 Å². The molecular weight excluding hydrogens is 346 g/mol. The third-order valence-corrected chi connectivity index (χ3v) is 3.58.